The van der Waals surface area contributed by atoms with Gasteiger partial charge < -0.3 is 10.0 Å². The molecule has 0 unspecified atom stereocenters. The number of nitrogens with zero attached hydrogens (tertiary/aromatic N) is 3. The zero-order valence-electron chi connectivity index (χ0n) is 9.24. The number of hydrogen-bond acceptors (Lipinski definition) is 5. The van der Waals surface area contributed by atoms with E-state index in [4.69, 9.17) is 16.7 Å². The van der Waals surface area contributed by atoms with Crippen LogP contribution in [-0.2, 0) is 0 Å². The molecule has 7 nitrogen and oxygen atoms in total. The minimum Gasteiger partial charge on any atom is -0.396 e. The van der Waals surface area contributed by atoms with Crippen LogP contribution in [0.2, 0.25) is 5.15 Å². The number of halogens is 1. The normalized spacial score (nSPS) is 15.3. The van der Waals surface area contributed by atoms with Crippen LogP contribution in [0.3, 0.4) is 0 Å². The fourth-order valence-corrected chi connectivity index (χ4v) is 1.89. The largest absolute Gasteiger partial charge is 0.396 e. The zero-order chi connectivity index (χ0) is 13.3. The van der Waals surface area contributed by atoms with Crippen molar-refractivity contribution in [3.63, 3.8) is 0 Å². The molecule has 0 bridgehead atoms. The summed E-state index contributed by atoms with van der Waals surface area (Å²) in [5.41, 5.74) is -0.260. The Morgan fingerprint density at radius 2 is 2.33 bits per heavy atom. The molecule has 18 heavy (non-hydrogen) atoms. The molecule has 1 amide bonds. The number of nitro groups is 1. The van der Waals surface area contributed by atoms with Crippen LogP contribution in [0, 0.1) is 16.0 Å². The van der Waals surface area contributed by atoms with E-state index in [0.717, 1.165) is 12.3 Å². The van der Waals surface area contributed by atoms with Crippen molar-refractivity contribution in [2.45, 2.75) is 0 Å². The topological polar surface area (TPSA) is 96.6 Å². The van der Waals surface area contributed by atoms with E-state index in [1.165, 1.54) is 4.90 Å². The first-order chi connectivity index (χ1) is 8.52. The van der Waals surface area contributed by atoms with Crippen LogP contribution in [0.25, 0.3) is 0 Å². The van der Waals surface area contributed by atoms with E-state index in [1.54, 1.807) is 0 Å². The average molecular weight is 272 g/mol. The lowest BCUT2D eigenvalue weighted by Crippen LogP contribution is -2.51. The third kappa shape index (κ3) is 2.27. The molecule has 0 aromatic carbocycles. The van der Waals surface area contributed by atoms with E-state index >= 15 is 0 Å². The zero-order valence-corrected chi connectivity index (χ0v) is 10.0. The van der Waals surface area contributed by atoms with Gasteiger partial charge in [0.25, 0.3) is 11.6 Å². The van der Waals surface area contributed by atoms with Gasteiger partial charge in [-0.25, -0.2) is 4.98 Å². The second kappa shape index (κ2) is 4.87. The number of carbonyl (C=O) groups excluding carboxylic acids is 1. The van der Waals surface area contributed by atoms with Gasteiger partial charge in [-0.1, -0.05) is 11.6 Å². The number of pyridine rings is 1. The lowest BCUT2D eigenvalue weighted by atomic mass is 10.0. The maximum atomic E-state index is 12.0. The van der Waals surface area contributed by atoms with Crippen LogP contribution in [0.15, 0.2) is 12.3 Å². The smallest absolute Gasteiger partial charge is 0.288 e. The summed E-state index contributed by atoms with van der Waals surface area (Å²) in [6, 6.07) is 1.12. The summed E-state index contributed by atoms with van der Waals surface area (Å²) in [6.07, 6.45) is 1.01. The Bertz CT molecular complexity index is 502. The molecule has 1 aromatic heterocycles. The molecule has 2 heterocycles. The van der Waals surface area contributed by atoms with Crippen LogP contribution in [0.4, 0.5) is 5.69 Å². The molecule has 1 aromatic rings. The molecule has 1 aliphatic heterocycles. The second-order valence-corrected chi connectivity index (χ2v) is 4.41. The van der Waals surface area contributed by atoms with Crippen molar-refractivity contribution in [2.75, 3.05) is 19.7 Å². The Kier molecular flexibility index (Phi) is 3.44. The van der Waals surface area contributed by atoms with E-state index in [-0.39, 0.29) is 28.9 Å². The molecule has 0 atom stereocenters. The number of amides is 1. The van der Waals surface area contributed by atoms with Crippen molar-refractivity contribution < 1.29 is 14.8 Å². The fourth-order valence-electron chi connectivity index (χ4n) is 1.71. The van der Waals surface area contributed by atoms with Crippen molar-refractivity contribution in [3.05, 3.63) is 33.1 Å². The van der Waals surface area contributed by atoms with Crippen LogP contribution >= 0.6 is 11.6 Å². The SMILES string of the molecule is O=C(c1cc([N+](=O)[O-])cnc1Cl)N1CC(CO)C1. The van der Waals surface area contributed by atoms with Crippen molar-refractivity contribution in [2.24, 2.45) is 5.92 Å². The summed E-state index contributed by atoms with van der Waals surface area (Å²) in [5, 5.41) is 19.4. The summed E-state index contributed by atoms with van der Waals surface area (Å²) in [4.78, 5) is 27.0. The van der Waals surface area contributed by atoms with Crippen LogP contribution < -0.4 is 0 Å². The first-order valence-corrected chi connectivity index (χ1v) is 5.60. The van der Waals surface area contributed by atoms with Crippen LogP contribution in [0.5, 0.6) is 0 Å². The van der Waals surface area contributed by atoms with Crippen LogP contribution in [-0.4, -0.2) is 45.5 Å². The third-order valence-electron chi connectivity index (χ3n) is 2.77. The Hall–Kier alpha value is -1.73. The number of aromatic nitrogens is 1. The predicted octanol–water partition coefficient (Wildman–Crippen LogP) is 0.708. The van der Waals surface area contributed by atoms with Gasteiger partial charge in [-0.05, 0) is 0 Å². The van der Waals surface area contributed by atoms with Crippen molar-refractivity contribution in [1.82, 2.24) is 9.88 Å². The molecular weight excluding hydrogens is 262 g/mol. The molecule has 1 aliphatic rings. The summed E-state index contributed by atoms with van der Waals surface area (Å²) in [6.45, 7) is 0.868. The average Bonchev–Trinajstić information content (AvgIpc) is 2.27. The summed E-state index contributed by atoms with van der Waals surface area (Å²) >= 11 is 5.76. The van der Waals surface area contributed by atoms with Gasteiger partial charge in [0.05, 0.1) is 10.5 Å². The van der Waals surface area contributed by atoms with Gasteiger partial charge in [0.1, 0.15) is 11.3 Å². The number of likely N-dealkylation sites (tertiary alicyclic amines) is 1. The Morgan fingerprint density at radius 3 is 2.89 bits per heavy atom. The summed E-state index contributed by atoms with van der Waals surface area (Å²) in [7, 11) is 0. The summed E-state index contributed by atoms with van der Waals surface area (Å²) < 4.78 is 0. The Balaban J connectivity index is 2.20. The maximum absolute atomic E-state index is 12.0. The lowest BCUT2D eigenvalue weighted by molar-refractivity contribution is -0.385. The highest BCUT2D eigenvalue weighted by Gasteiger charge is 2.32. The molecule has 1 saturated heterocycles. The van der Waals surface area contributed by atoms with Gasteiger partial charge in [-0.2, -0.15) is 0 Å². The number of hydrogen-bond donors (Lipinski definition) is 1. The fraction of sp³-hybridized carbons (Fsp3) is 0.400. The van der Waals surface area contributed by atoms with Crippen molar-refractivity contribution >= 4 is 23.2 Å². The van der Waals surface area contributed by atoms with E-state index in [2.05, 4.69) is 4.98 Å². The number of rotatable bonds is 3. The van der Waals surface area contributed by atoms with Gasteiger partial charge in [0.2, 0.25) is 0 Å². The third-order valence-corrected chi connectivity index (χ3v) is 3.07. The van der Waals surface area contributed by atoms with E-state index in [9.17, 15) is 14.9 Å². The van der Waals surface area contributed by atoms with Crippen molar-refractivity contribution in [1.29, 1.82) is 0 Å². The highest BCUT2D eigenvalue weighted by molar-refractivity contribution is 6.32. The Labute approximate surface area is 107 Å². The van der Waals surface area contributed by atoms with Gasteiger partial charge >= 0.3 is 0 Å². The molecule has 1 fully saturated rings. The standard InChI is InChI=1S/C10H10ClN3O4/c11-9-8(1-7(2-12-9)14(17)18)10(16)13-3-6(4-13)5-15/h1-2,6,15H,3-5H2. The molecule has 0 radical (unpaired) electrons. The molecule has 2 rings (SSSR count). The van der Waals surface area contributed by atoms with E-state index < -0.39 is 10.8 Å². The second-order valence-electron chi connectivity index (χ2n) is 4.05. The molecule has 0 spiro atoms. The number of carbonyl (C=O) groups is 1. The summed E-state index contributed by atoms with van der Waals surface area (Å²) in [5.74, 6) is -0.333. The van der Waals surface area contributed by atoms with Crippen molar-refractivity contribution in [3.8, 4) is 0 Å². The van der Waals surface area contributed by atoms with Gasteiger partial charge in [-0.15, -0.1) is 0 Å². The van der Waals surface area contributed by atoms with Gasteiger partial charge in [0.15, 0.2) is 0 Å². The highest BCUT2D eigenvalue weighted by Crippen LogP contribution is 2.24. The van der Waals surface area contributed by atoms with E-state index in [1.807, 2.05) is 0 Å². The first-order valence-electron chi connectivity index (χ1n) is 5.23. The number of aliphatic hydroxyl groups excluding tert-OH is 1. The quantitative estimate of drug-likeness (QED) is 0.496. The highest BCUT2D eigenvalue weighted by atomic mass is 35.5. The van der Waals surface area contributed by atoms with Gasteiger partial charge in [-0.3, -0.25) is 14.9 Å². The number of aliphatic hydroxyl groups is 1. The minimum absolute atomic E-state index is 0.0160. The molecular formula is C10H10ClN3O4. The molecule has 96 valence electrons. The first kappa shape index (κ1) is 12.7. The maximum Gasteiger partial charge on any atom is 0.288 e. The van der Waals surface area contributed by atoms with E-state index in [0.29, 0.717) is 13.1 Å². The Morgan fingerprint density at radius 1 is 1.67 bits per heavy atom. The molecule has 0 aliphatic carbocycles. The monoisotopic (exact) mass is 271 g/mol. The molecule has 8 heteroatoms. The van der Waals surface area contributed by atoms with Gasteiger partial charge in [0, 0.05) is 31.7 Å². The molecule has 1 N–H and O–H groups in total. The predicted molar refractivity (Wildman–Crippen MR) is 62.4 cm³/mol. The molecule has 0 saturated carbocycles. The lowest BCUT2D eigenvalue weighted by Gasteiger charge is -2.38. The minimum atomic E-state index is -0.632. The van der Waals surface area contributed by atoms with Crippen LogP contribution in [0.1, 0.15) is 10.4 Å².